The number of anilines is 1. The predicted octanol–water partition coefficient (Wildman–Crippen LogP) is 3.09. The minimum atomic E-state index is -3.56. The molecule has 33 heavy (non-hydrogen) atoms. The Morgan fingerprint density at radius 2 is 1.76 bits per heavy atom. The third-order valence-electron chi connectivity index (χ3n) is 5.76. The molecule has 0 atom stereocenters. The van der Waals surface area contributed by atoms with E-state index in [4.69, 9.17) is 0 Å². The Morgan fingerprint density at radius 1 is 1.06 bits per heavy atom. The standard InChI is InChI=1S/C24H26N4O4S/c1-16-6-8-21(9-7-16)33(31,32)28-12-10-18(11-13-28)24(30)26-20-5-3-4-19(15-20)23-25-17(2)14-22(29)27-23/h3-9,14-15,18H,10-13H2,1-2H3,(H,26,30)(H,25,27,29). The summed E-state index contributed by atoms with van der Waals surface area (Å²) in [7, 11) is -3.56. The summed E-state index contributed by atoms with van der Waals surface area (Å²) in [5.74, 6) is 0.00553. The molecule has 0 spiro atoms. The van der Waals surface area contributed by atoms with E-state index in [0.29, 0.717) is 48.7 Å². The van der Waals surface area contributed by atoms with Crippen LogP contribution < -0.4 is 10.9 Å². The zero-order chi connectivity index (χ0) is 23.6. The Hall–Kier alpha value is -3.30. The molecule has 1 aliphatic heterocycles. The topological polar surface area (TPSA) is 112 Å². The van der Waals surface area contributed by atoms with E-state index in [1.165, 1.54) is 10.4 Å². The van der Waals surface area contributed by atoms with Crippen molar-refractivity contribution in [3.05, 3.63) is 76.2 Å². The van der Waals surface area contributed by atoms with Gasteiger partial charge in [0.25, 0.3) is 5.56 Å². The van der Waals surface area contributed by atoms with Crippen LogP contribution in [0.5, 0.6) is 0 Å². The first-order chi connectivity index (χ1) is 15.7. The molecule has 1 fully saturated rings. The van der Waals surface area contributed by atoms with Crippen LogP contribution in [-0.2, 0) is 14.8 Å². The number of aromatic amines is 1. The van der Waals surface area contributed by atoms with E-state index in [1.807, 2.05) is 13.0 Å². The average molecular weight is 467 g/mol. The Labute approximate surface area is 192 Å². The molecule has 1 aliphatic rings. The highest BCUT2D eigenvalue weighted by molar-refractivity contribution is 7.89. The van der Waals surface area contributed by atoms with Gasteiger partial charge in [-0.3, -0.25) is 9.59 Å². The van der Waals surface area contributed by atoms with Crippen molar-refractivity contribution in [2.75, 3.05) is 18.4 Å². The number of aromatic nitrogens is 2. The molecule has 4 rings (SSSR count). The third kappa shape index (κ3) is 5.20. The summed E-state index contributed by atoms with van der Waals surface area (Å²) >= 11 is 0. The minimum absolute atomic E-state index is 0.148. The van der Waals surface area contributed by atoms with Crippen molar-refractivity contribution in [1.82, 2.24) is 14.3 Å². The van der Waals surface area contributed by atoms with Gasteiger partial charge < -0.3 is 10.3 Å². The number of amides is 1. The zero-order valence-electron chi connectivity index (χ0n) is 18.5. The second-order valence-corrected chi connectivity index (χ2v) is 10.2. The highest BCUT2D eigenvalue weighted by Crippen LogP contribution is 2.26. The summed E-state index contributed by atoms with van der Waals surface area (Å²) in [5.41, 5.74) is 2.65. The van der Waals surface area contributed by atoms with Crippen molar-refractivity contribution in [2.24, 2.45) is 5.92 Å². The first kappa shape index (κ1) is 22.9. The molecule has 2 N–H and O–H groups in total. The van der Waals surface area contributed by atoms with Crippen LogP contribution in [0.3, 0.4) is 0 Å². The van der Waals surface area contributed by atoms with Gasteiger partial charge >= 0.3 is 0 Å². The number of benzene rings is 2. The third-order valence-corrected chi connectivity index (χ3v) is 7.67. The van der Waals surface area contributed by atoms with E-state index in [2.05, 4.69) is 15.3 Å². The van der Waals surface area contributed by atoms with Crippen LogP contribution in [0.2, 0.25) is 0 Å². The number of aryl methyl sites for hydroxylation is 2. The molecule has 8 nitrogen and oxygen atoms in total. The fourth-order valence-electron chi connectivity index (χ4n) is 3.92. The van der Waals surface area contributed by atoms with E-state index in [1.54, 1.807) is 49.4 Å². The summed E-state index contributed by atoms with van der Waals surface area (Å²) in [4.78, 5) is 31.9. The smallest absolute Gasteiger partial charge is 0.251 e. The van der Waals surface area contributed by atoms with Crippen LogP contribution in [0.4, 0.5) is 5.69 Å². The normalized spacial score (nSPS) is 15.3. The van der Waals surface area contributed by atoms with Gasteiger partial charge in [0, 0.05) is 42.0 Å². The lowest BCUT2D eigenvalue weighted by molar-refractivity contribution is -0.120. The van der Waals surface area contributed by atoms with Crippen LogP contribution in [-0.4, -0.2) is 41.7 Å². The SMILES string of the molecule is Cc1ccc(S(=O)(=O)N2CCC(C(=O)Nc3cccc(-c4nc(C)cc(=O)[nH]4)c3)CC2)cc1. The van der Waals surface area contributed by atoms with E-state index in [9.17, 15) is 18.0 Å². The number of nitrogens with zero attached hydrogens (tertiary/aromatic N) is 2. The minimum Gasteiger partial charge on any atom is -0.326 e. The highest BCUT2D eigenvalue weighted by Gasteiger charge is 2.32. The van der Waals surface area contributed by atoms with Crippen LogP contribution in [0, 0.1) is 19.8 Å². The van der Waals surface area contributed by atoms with Gasteiger partial charge in [0.2, 0.25) is 15.9 Å². The van der Waals surface area contributed by atoms with Crippen molar-refractivity contribution in [3.8, 4) is 11.4 Å². The number of carbonyl (C=O) groups excluding carboxylic acids is 1. The molecular weight excluding hydrogens is 440 g/mol. The molecule has 172 valence electrons. The summed E-state index contributed by atoms with van der Waals surface area (Å²) in [5, 5.41) is 2.92. The Kier molecular flexibility index (Phi) is 6.44. The molecule has 2 heterocycles. The molecule has 1 amide bonds. The number of hydrogen-bond donors (Lipinski definition) is 2. The maximum absolute atomic E-state index is 12.9. The zero-order valence-corrected chi connectivity index (χ0v) is 19.4. The number of nitrogens with one attached hydrogen (secondary N) is 2. The van der Waals surface area contributed by atoms with Crippen molar-refractivity contribution < 1.29 is 13.2 Å². The Morgan fingerprint density at radius 3 is 2.42 bits per heavy atom. The summed E-state index contributed by atoms with van der Waals surface area (Å²) in [6.07, 6.45) is 0.896. The van der Waals surface area contributed by atoms with Gasteiger partial charge in [0.15, 0.2) is 0 Å². The summed E-state index contributed by atoms with van der Waals surface area (Å²) in [6, 6.07) is 15.3. The summed E-state index contributed by atoms with van der Waals surface area (Å²) in [6.45, 7) is 4.24. The molecule has 1 saturated heterocycles. The van der Waals surface area contributed by atoms with Gasteiger partial charge in [-0.1, -0.05) is 29.8 Å². The van der Waals surface area contributed by atoms with Crippen molar-refractivity contribution in [2.45, 2.75) is 31.6 Å². The van der Waals surface area contributed by atoms with Gasteiger partial charge in [0.1, 0.15) is 5.82 Å². The van der Waals surface area contributed by atoms with E-state index < -0.39 is 10.0 Å². The Bertz CT molecular complexity index is 1330. The lowest BCUT2D eigenvalue weighted by Crippen LogP contribution is -2.41. The lowest BCUT2D eigenvalue weighted by atomic mass is 9.97. The van der Waals surface area contributed by atoms with Gasteiger partial charge in [-0.25, -0.2) is 13.4 Å². The molecule has 3 aromatic rings. The van der Waals surface area contributed by atoms with Gasteiger partial charge in [0.05, 0.1) is 4.90 Å². The first-order valence-electron chi connectivity index (χ1n) is 10.8. The fourth-order valence-corrected chi connectivity index (χ4v) is 5.39. The molecule has 9 heteroatoms. The van der Waals surface area contributed by atoms with Crippen LogP contribution in [0.25, 0.3) is 11.4 Å². The highest BCUT2D eigenvalue weighted by atomic mass is 32.2. The lowest BCUT2D eigenvalue weighted by Gasteiger charge is -2.30. The van der Waals surface area contributed by atoms with E-state index in [-0.39, 0.29) is 22.3 Å². The van der Waals surface area contributed by atoms with Crippen LogP contribution >= 0.6 is 0 Å². The Balaban J connectivity index is 1.40. The fraction of sp³-hybridized carbons (Fsp3) is 0.292. The first-order valence-corrected chi connectivity index (χ1v) is 12.2. The second-order valence-electron chi connectivity index (χ2n) is 8.30. The van der Waals surface area contributed by atoms with Crippen molar-refractivity contribution >= 4 is 21.6 Å². The molecule has 2 aromatic carbocycles. The molecule has 0 aliphatic carbocycles. The molecular formula is C24H26N4O4S. The van der Waals surface area contributed by atoms with Crippen LogP contribution in [0.1, 0.15) is 24.1 Å². The largest absolute Gasteiger partial charge is 0.326 e. The second kappa shape index (κ2) is 9.29. The number of hydrogen-bond acceptors (Lipinski definition) is 5. The quantitative estimate of drug-likeness (QED) is 0.600. The number of sulfonamides is 1. The van der Waals surface area contributed by atoms with Crippen molar-refractivity contribution in [1.29, 1.82) is 0 Å². The van der Waals surface area contributed by atoms with Gasteiger partial charge in [-0.05, 0) is 51.0 Å². The van der Waals surface area contributed by atoms with E-state index in [0.717, 1.165) is 5.56 Å². The molecule has 0 bridgehead atoms. The number of carbonyl (C=O) groups is 1. The maximum Gasteiger partial charge on any atom is 0.251 e. The molecule has 0 unspecified atom stereocenters. The molecule has 0 saturated carbocycles. The average Bonchev–Trinajstić information content (AvgIpc) is 2.79. The van der Waals surface area contributed by atoms with Gasteiger partial charge in [-0.15, -0.1) is 0 Å². The van der Waals surface area contributed by atoms with Crippen LogP contribution in [0.15, 0.2) is 64.3 Å². The van der Waals surface area contributed by atoms with E-state index >= 15 is 0 Å². The number of rotatable bonds is 5. The maximum atomic E-state index is 12.9. The molecule has 1 aromatic heterocycles. The number of H-pyrrole nitrogens is 1. The van der Waals surface area contributed by atoms with Gasteiger partial charge in [-0.2, -0.15) is 4.31 Å². The van der Waals surface area contributed by atoms with Crippen molar-refractivity contribution in [3.63, 3.8) is 0 Å². The number of piperidine rings is 1. The summed E-state index contributed by atoms with van der Waals surface area (Å²) < 4.78 is 27.2. The monoisotopic (exact) mass is 466 g/mol. The molecule has 0 radical (unpaired) electrons. The predicted molar refractivity (Wildman–Crippen MR) is 126 cm³/mol.